The van der Waals surface area contributed by atoms with Crippen LogP contribution in [-0.2, 0) is 17.1 Å². The average Bonchev–Trinajstić information content (AvgIpc) is 3.79. The Balaban J connectivity index is 0.000000956. The van der Waals surface area contributed by atoms with E-state index >= 15 is 0 Å². The fourth-order valence-electron chi connectivity index (χ4n) is 9.69. The van der Waals surface area contributed by atoms with Gasteiger partial charge >= 0.3 is 17.1 Å². The summed E-state index contributed by atoms with van der Waals surface area (Å²) in [6, 6.07) is 9.93. The van der Waals surface area contributed by atoms with Crippen LogP contribution in [0.2, 0.25) is 0 Å². The number of hydrogen-bond donors (Lipinski definition) is 0. The van der Waals surface area contributed by atoms with Crippen LogP contribution in [0.3, 0.4) is 0 Å². The Morgan fingerprint density at radius 2 is 0.980 bits per heavy atom. The predicted molar refractivity (Wildman–Crippen MR) is 218 cm³/mol. The SMILES string of the molecule is C1=CCCC1.COc1c(C)cc(P(c2cc(C)c(OC)c(C)c2)C2CCCC2[C@@H](C)P(C2CCCCC2)C2CCCCC2)cc1C.[CH3-].[CH3-].[Fe+2]. The Hall–Kier alpha value is -0.841. The van der Waals surface area contributed by atoms with E-state index in [1.165, 1.54) is 125 Å². The Morgan fingerprint density at radius 3 is 1.33 bits per heavy atom. The van der Waals surface area contributed by atoms with E-state index in [2.05, 4.69) is 71.0 Å². The summed E-state index contributed by atoms with van der Waals surface area (Å²) in [5, 5.41) is 3.12. The number of allylic oxidation sites excluding steroid dienone is 2. The zero-order chi connectivity index (χ0) is 32.6. The molecule has 2 nitrogen and oxygen atoms in total. The van der Waals surface area contributed by atoms with Gasteiger partial charge in [-0.1, -0.05) is 71.9 Å². The number of methoxy groups -OCH3 is 2. The van der Waals surface area contributed by atoms with Gasteiger partial charge in [0, 0.05) is 0 Å². The molecule has 276 valence electrons. The van der Waals surface area contributed by atoms with E-state index in [1.54, 1.807) is 10.6 Å². The average molecular weight is 749 g/mol. The molecule has 49 heavy (non-hydrogen) atoms. The van der Waals surface area contributed by atoms with Gasteiger partial charge in [0.2, 0.25) is 0 Å². The molecule has 0 bridgehead atoms. The molecule has 4 aliphatic carbocycles. The fraction of sp³-hybridized carbons (Fsp3) is 0.636. The van der Waals surface area contributed by atoms with Gasteiger partial charge in [0.05, 0.1) is 14.2 Å². The molecular weight excluding hydrogens is 678 g/mol. The molecule has 2 unspecified atom stereocenters. The number of rotatable bonds is 9. The van der Waals surface area contributed by atoms with Crippen LogP contribution in [0.4, 0.5) is 0 Å². The fourth-order valence-corrected chi connectivity index (χ4v) is 18.1. The molecular formula is C44H70FeO2P2. The molecule has 6 rings (SSSR count). The first kappa shape index (κ1) is 44.3. The summed E-state index contributed by atoms with van der Waals surface area (Å²) in [6.45, 7) is 11.7. The van der Waals surface area contributed by atoms with Gasteiger partial charge in [-0.15, -0.1) is 0 Å². The van der Waals surface area contributed by atoms with Crippen LogP contribution in [0.15, 0.2) is 36.4 Å². The van der Waals surface area contributed by atoms with Crippen LogP contribution in [0.5, 0.6) is 11.5 Å². The third-order valence-corrected chi connectivity index (χ3v) is 18.7. The standard InChI is InChI=1S/C37H56O2P2.C5H8.2CH3.Fe/c1-25-21-32(22-26(2)36(25)38-6)41(33-23-27(3)37(39-7)28(4)24-33)35-20-14-19-34(35)29(5)40(30-15-10-8-11-16-30)31-17-12-9-13-18-31;1-2-4-5-3-1;;;/h21-24,29-31,34-35H,8-20H2,1-7H3;1-2H,3-5H2;2*1H3;/q;;2*-1;+2/t29-,34?,35?;;;;/m1..../s1. The summed E-state index contributed by atoms with van der Waals surface area (Å²) in [7, 11) is 3.23. The molecule has 0 N–H and O–H groups in total. The molecule has 4 aliphatic rings. The maximum Gasteiger partial charge on any atom is 2.00 e. The minimum absolute atomic E-state index is 0. The van der Waals surface area contributed by atoms with E-state index in [-0.39, 0.29) is 39.8 Å². The molecule has 0 amide bonds. The Labute approximate surface area is 316 Å². The van der Waals surface area contributed by atoms with Crippen molar-refractivity contribution >= 4 is 26.5 Å². The molecule has 0 aliphatic heterocycles. The molecule has 5 heteroatoms. The second-order valence-corrected chi connectivity index (χ2v) is 20.5. The van der Waals surface area contributed by atoms with Crippen LogP contribution in [0.25, 0.3) is 0 Å². The van der Waals surface area contributed by atoms with E-state index < -0.39 is 7.92 Å². The van der Waals surface area contributed by atoms with Crippen molar-refractivity contribution in [1.29, 1.82) is 0 Å². The first-order valence-corrected chi connectivity index (χ1v) is 21.8. The molecule has 2 aromatic carbocycles. The predicted octanol–water partition coefficient (Wildman–Crippen LogP) is 12.7. The van der Waals surface area contributed by atoms with Crippen molar-refractivity contribution in [3.8, 4) is 11.5 Å². The molecule has 3 saturated carbocycles. The second kappa shape index (κ2) is 21.6. The maximum absolute atomic E-state index is 5.83. The van der Waals surface area contributed by atoms with Crippen LogP contribution >= 0.6 is 15.8 Å². The van der Waals surface area contributed by atoms with E-state index in [0.717, 1.165) is 40.1 Å². The number of hydrogen-bond acceptors (Lipinski definition) is 2. The summed E-state index contributed by atoms with van der Waals surface area (Å²) in [6.07, 6.45) is 27.7. The molecule has 3 fully saturated rings. The van der Waals surface area contributed by atoms with Crippen molar-refractivity contribution in [1.82, 2.24) is 0 Å². The van der Waals surface area contributed by atoms with E-state index in [1.807, 2.05) is 14.2 Å². The Bertz CT molecular complexity index is 1170. The Morgan fingerprint density at radius 1 is 0.571 bits per heavy atom. The third-order valence-electron chi connectivity index (χ3n) is 11.7. The van der Waals surface area contributed by atoms with Gasteiger partial charge in [-0.05, 0) is 179 Å². The van der Waals surface area contributed by atoms with Gasteiger partial charge in [-0.2, -0.15) is 0 Å². The van der Waals surface area contributed by atoms with Gasteiger partial charge in [-0.3, -0.25) is 0 Å². The van der Waals surface area contributed by atoms with Crippen molar-refractivity contribution in [3.05, 3.63) is 73.5 Å². The normalized spacial score (nSPS) is 21.7. The van der Waals surface area contributed by atoms with Gasteiger partial charge in [0.25, 0.3) is 0 Å². The second-order valence-electron chi connectivity index (χ2n) is 14.9. The number of benzene rings is 2. The molecule has 0 spiro atoms. The van der Waals surface area contributed by atoms with Crippen molar-refractivity contribution < 1.29 is 26.5 Å². The van der Waals surface area contributed by atoms with E-state index in [9.17, 15) is 0 Å². The van der Waals surface area contributed by atoms with Gasteiger partial charge in [0.15, 0.2) is 0 Å². The van der Waals surface area contributed by atoms with Crippen molar-refractivity contribution in [3.63, 3.8) is 0 Å². The minimum Gasteiger partial charge on any atom is -0.496 e. The van der Waals surface area contributed by atoms with Crippen molar-refractivity contribution in [2.75, 3.05) is 14.2 Å². The molecule has 3 atom stereocenters. The van der Waals surface area contributed by atoms with E-state index in [4.69, 9.17) is 9.47 Å². The maximum atomic E-state index is 5.83. The third kappa shape index (κ3) is 10.8. The van der Waals surface area contributed by atoms with E-state index in [0.29, 0.717) is 0 Å². The summed E-state index contributed by atoms with van der Waals surface area (Å²) in [5.41, 5.74) is 8.83. The number of aryl methyl sites for hydroxylation is 4. The first-order valence-electron chi connectivity index (χ1n) is 18.9. The van der Waals surface area contributed by atoms with Gasteiger partial charge in [0.1, 0.15) is 11.5 Å². The first-order chi connectivity index (χ1) is 22.3. The molecule has 0 radical (unpaired) electrons. The summed E-state index contributed by atoms with van der Waals surface area (Å²) < 4.78 is 11.7. The van der Waals surface area contributed by atoms with Crippen LogP contribution in [0.1, 0.15) is 132 Å². The largest absolute Gasteiger partial charge is 2.00 e. The quantitative estimate of drug-likeness (QED) is 0.110. The molecule has 2 aromatic rings. The minimum atomic E-state index is -0.484. The van der Waals surface area contributed by atoms with Crippen molar-refractivity contribution in [2.24, 2.45) is 5.92 Å². The zero-order valence-corrected chi connectivity index (χ0v) is 35.6. The topological polar surface area (TPSA) is 18.5 Å². The van der Waals surface area contributed by atoms with Crippen LogP contribution in [0, 0.1) is 48.5 Å². The van der Waals surface area contributed by atoms with Gasteiger partial charge < -0.3 is 24.3 Å². The zero-order valence-electron chi connectivity index (χ0n) is 32.7. The van der Waals surface area contributed by atoms with Crippen molar-refractivity contribution in [2.45, 2.75) is 160 Å². The summed E-state index contributed by atoms with van der Waals surface area (Å²) in [5.74, 6) is 2.96. The summed E-state index contributed by atoms with van der Waals surface area (Å²) in [4.78, 5) is 0. The number of ether oxygens (including phenoxy) is 2. The monoisotopic (exact) mass is 748 g/mol. The summed E-state index contributed by atoms with van der Waals surface area (Å²) >= 11 is 0. The van der Waals surface area contributed by atoms with Gasteiger partial charge in [-0.25, -0.2) is 0 Å². The molecule has 0 saturated heterocycles. The molecule has 0 aromatic heterocycles. The van der Waals surface area contributed by atoms with Crippen LogP contribution < -0.4 is 20.1 Å². The Kier molecular flexibility index (Phi) is 19.6. The smallest absolute Gasteiger partial charge is 0.496 e. The van der Waals surface area contributed by atoms with Crippen LogP contribution in [-0.4, -0.2) is 36.9 Å². The molecule has 0 heterocycles.